The summed E-state index contributed by atoms with van der Waals surface area (Å²) in [6, 6.07) is 10.4. The molecule has 0 N–H and O–H groups in total. The van der Waals surface area contributed by atoms with Gasteiger partial charge in [0.05, 0.1) is 5.77 Å². The third-order valence-electron chi connectivity index (χ3n) is 11.3. The Morgan fingerprint density at radius 3 is 1.25 bits per heavy atom. The Hall–Kier alpha value is -0.000000000000000167. The second-order valence-electron chi connectivity index (χ2n) is 15.3. The van der Waals surface area contributed by atoms with E-state index in [1.165, 1.54) is 175 Å². The predicted octanol–water partition coefficient (Wildman–Crippen LogP) is 18.5. The highest BCUT2D eigenvalue weighted by Crippen LogP contribution is 2.53. The van der Waals surface area contributed by atoms with E-state index in [-0.39, 0.29) is 0 Å². The number of hydrogen-bond acceptors (Lipinski definition) is 4. The standard InChI is InChI=1S/C46H64I2S4/c1-7-13-17-19-23-33-27-39(49-37(33)25-31(11-5)21-15-9-3)43-35-29-41(47)52-46(35)44(36-30-42(48)51-45(36)43)40-28-34(24-20-18-14-8-2)38(50-40)26-32(12-6)22-16-10-4/h27-32H,7-26H2,1-6H3. The third kappa shape index (κ3) is 11.1. The molecule has 0 saturated carbocycles. The van der Waals surface area contributed by atoms with Crippen molar-refractivity contribution in [1.82, 2.24) is 0 Å². The second-order valence-corrected chi connectivity index (χ2v) is 23.5. The first-order chi connectivity index (χ1) is 25.3. The molecule has 0 bridgehead atoms. The molecule has 0 aliphatic heterocycles. The fourth-order valence-electron chi connectivity index (χ4n) is 8.04. The highest BCUT2D eigenvalue weighted by atomic mass is 127. The van der Waals surface area contributed by atoms with Crippen LogP contribution in [0.25, 0.3) is 41.1 Å². The van der Waals surface area contributed by atoms with Gasteiger partial charge < -0.3 is 0 Å². The lowest BCUT2D eigenvalue weighted by Gasteiger charge is -2.14. The van der Waals surface area contributed by atoms with Crippen molar-refractivity contribution in [2.24, 2.45) is 11.8 Å². The van der Waals surface area contributed by atoms with E-state index in [0.29, 0.717) is 0 Å². The molecule has 0 saturated heterocycles. The predicted molar refractivity (Wildman–Crippen MR) is 259 cm³/mol. The van der Waals surface area contributed by atoms with Gasteiger partial charge in [-0.05, 0) is 131 Å². The summed E-state index contributed by atoms with van der Waals surface area (Å²) in [7, 11) is 0. The maximum Gasteiger partial charge on any atom is 0.0666 e. The molecule has 5 aromatic rings. The first-order valence-corrected chi connectivity index (χ1v) is 26.4. The number of thiophene rings is 4. The fourth-order valence-corrected chi connectivity index (χ4v) is 14.8. The summed E-state index contributed by atoms with van der Waals surface area (Å²) in [4.78, 5) is 6.40. The zero-order chi connectivity index (χ0) is 37.0. The van der Waals surface area contributed by atoms with Crippen LogP contribution in [0.4, 0.5) is 0 Å². The number of benzene rings is 1. The molecule has 6 heteroatoms. The lowest BCUT2D eigenvalue weighted by molar-refractivity contribution is 0.450. The Labute approximate surface area is 360 Å². The normalized spacial score (nSPS) is 13.2. The van der Waals surface area contributed by atoms with Crippen LogP contribution in [0.5, 0.6) is 0 Å². The van der Waals surface area contributed by atoms with Crippen molar-refractivity contribution in [2.75, 3.05) is 0 Å². The molecule has 1 aromatic carbocycles. The number of unbranched alkanes of at least 4 members (excludes halogenated alkanes) is 8. The van der Waals surface area contributed by atoms with Gasteiger partial charge in [-0.3, -0.25) is 0 Å². The summed E-state index contributed by atoms with van der Waals surface area (Å²) in [5.41, 5.74) is 6.35. The first kappa shape index (κ1) is 43.1. The molecule has 4 heterocycles. The monoisotopic (exact) mass is 998 g/mol. The Balaban J connectivity index is 1.64. The average Bonchev–Trinajstić information content (AvgIpc) is 3.92. The Morgan fingerprint density at radius 2 is 0.885 bits per heavy atom. The Kier molecular flexibility index (Phi) is 18.3. The molecule has 0 fully saturated rings. The van der Waals surface area contributed by atoms with Gasteiger partial charge in [0.15, 0.2) is 0 Å². The third-order valence-corrected chi connectivity index (χ3v) is 17.6. The maximum atomic E-state index is 2.66. The van der Waals surface area contributed by atoms with Crippen molar-refractivity contribution in [3.63, 3.8) is 0 Å². The summed E-state index contributed by atoms with van der Waals surface area (Å²) in [5, 5.41) is 2.99. The van der Waals surface area contributed by atoms with Crippen LogP contribution in [0.3, 0.4) is 0 Å². The summed E-state index contributed by atoms with van der Waals surface area (Å²) in [6.07, 6.45) is 26.3. The van der Waals surface area contributed by atoms with Crippen LogP contribution < -0.4 is 0 Å². The number of aryl methyl sites for hydroxylation is 2. The molecule has 0 aliphatic rings. The van der Waals surface area contributed by atoms with E-state index in [4.69, 9.17) is 0 Å². The zero-order valence-electron chi connectivity index (χ0n) is 33.0. The molecule has 52 heavy (non-hydrogen) atoms. The summed E-state index contributed by atoms with van der Waals surface area (Å²) in [5.74, 6) is 1.60. The molecule has 2 atom stereocenters. The van der Waals surface area contributed by atoms with Gasteiger partial charge in [0, 0.05) is 50.8 Å². The van der Waals surface area contributed by atoms with Gasteiger partial charge in [-0.25, -0.2) is 0 Å². The topological polar surface area (TPSA) is 0 Å². The molecule has 0 aliphatic carbocycles. The first-order valence-electron chi connectivity index (χ1n) is 20.9. The molecule has 4 aromatic heterocycles. The highest BCUT2D eigenvalue weighted by Gasteiger charge is 2.25. The van der Waals surface area contributed by atoms with Gasteiger partial charge in [0.1, 0.15) is 0 Å². The number of hydrogen-bond donors (Lipinski definition) is 0. The van der Waals surface area contributed by atoms with Crippen LogP contribution in [0.15, 0.2) is 24.3 Å². The van der Waals surface area contributed by atoms with Gasteiger partial charge in [0.2, 0.25) is 0 Å². The second kappa shape index (κ2) is 22.1. The summed E-state index contributed by atoms with van der Waals surface area (Å²) < 4.78 is 5.84. The molecule has 0 spiro atoms. The molecule has 0 amide bonds. The average molecular weight is 999 g/mol. The van der Waals surface area contributed by atoms with Crippen LogP contribution in [-0.2, 0) is 25.7 Å². The van der Waals surface area contributed by atoms with Crippen molar-refractivity contribution < 1.29 is 0 Å². The van der Waals surface area contributed by atoms with Crippen LogP contribution >= 0.6 is 90.5 Å². The summed E-state index contributed by atoms with van der Waals surface area (Å²) in [6.45, 7) is 14.2. The summed E-state index contributed by atoms with van der Waals surface area (Å²) >= 11 is 13.6. The van der Waals surface area contributed by atoms with E-state index >= 15 is 0 Å². The van der Waals surface area contributed by atoms with Gasteiger partial charge in [0.25, 0.3) is 0 Å². The van der Waals surface area contributed by atoms with Crippen molar-refractivity contribution in [2.45, 2.75) is 170 Å². The van der Waals surface area contributed by atoms with E-state index < -0.39 is 0 Å². The minimum Gasteiger partial charge on any atom is -0.140 e. The number of rotatable bonds is 24. The van der Waals surface area contributed by atoms with Gasteiger partial charge in [-0.1, -0.05) is 131 Å². The highest BCUT2D eigenvalue weighted by molar-refractivity contribution is 14.1. The molecular weight excluding hydrogens is 935 g/mol. The smallest absolute Gasteiger partial charge is 0.0666 e. The van der Waals surface area contributed by atoms with Crippen molar-refractivity contribution in [3.05, 3.63) is 50.9 Å². The lowest BCUT2D eigenvalue weighted by Crippen LogP contribution is -2.04. The maximum absolute atomic E-state index is 2.66. The quantitative estimate of drug-likeness (QED) is 0.0427. The van der Waals surface area contributed by atoms with Crippen LogP contribution in [0.2, 0.25) is 0 Å². The van der Waals surface area contributed by atoms with E-state index in [2.05, 4.69) is 134 Å². The van der Waals surface area contributed by atoms with E-state index in [9.17, 15) is 0 Å². The molecule has 286 valence electrons. The molecular formula is C46H64I2S4. The minimum atomic E-state index is 0.798. The largest absolute Gasteiger partial charge is 0.140 e. The number of fused-ring (bicyclic) bond motifs is 2. The van der Waals surface area contributed by atoms with Crippen molar-refractivity contribution in [3.8, 4) is 20.9 Å². The SMILES string of the molecule is CCCCCCc1cc(-c2c3cc(I)sc3c(-c3cc(CCCCCC)c(CC(CC)CCCC)s3)c3cc(I)sc23)sc1CC(CC)CCCC. The molecule has 0 nitrogen and oxygen atoms in total. The van der Waals surface area contributed by atoms with Gasteiger partial charge in [-0.15, -0.1) is 45.3 Å². The van der Waals surface area contributed by atoms with Gasteiger partial charge in [-0.2, -0.15) is 0 Å². The number of halogens is 2. The van der Waals surface area contributed by atoms with Crippen LogP contribution in [-0.4, -0.2) is 0 Å². The minimum absolute atomic E-state index is 0.798. The fraction of sp³-hybridized carbons (Fsp3) is 0.609. The van der Waals surface area contributed by atoms with E-state index in [1.54, 1.807) is 20.9 Å². The zero-order valence-corrected chi connectivity index (χ0v) is 40.6. The van der Waals surface area contributed by atoms with Crippen molar-refractivity contribution in [1.29, 1.82) is 0 Å². The Morgan fingerprint density at radius 1 is 0.481 bits per heavy atom. The Bertz CT molecular complexity index is 1630. The molecule has 2 unspecified atom stereocenters. The van der Waals surface area contributed by atoms with Crippen LogP contribution in [0, 0.1) is 17.6 Å². The molecule has 5 rings (SSSR count). The molecule has 0 radical (unpaired) electrons. The van der Waals surface area contributed by atoms with Crippen molar-refractivity contribution >= 4 is 111 Å². The van der Waals surface area contributed by atoms with Gasteiger partial charge >= 0.3 is 0 Å². The van der Waals surface area contributed by atoms with E-state index in [0.717, 1.165) is 11.8 Å². The van der Waals surface area contributed by atoms with Crippen LogP contribution in [0.1, 0.15) is 165 Å². The van der Waals surface area contributed by atoms with E-state index in [1.807, 2.05) is 22.7 Å². The lowest BCUT2D eigenvalue weighted by atomic mass is 9.92.